The summed E-state index contributed by atoms with van der Waals surface area (Å²) >= 11 is 0. The Bertz CT molecular complexity index is 299. The minimum absolute atomic E-state index is 0.280. The fraction of sp³-hybridized carbons (Fsp3) is 0.400. The van der Waals surface area contributed by atoms with E-state index in [1.54, 1.807) is 0 Å². The number of hydrogen-bond acceptors (Lipinski definition) is 2. The van der Waals surface area contributed by atoms with Gasteiger partial charge in [0, 0.05) is 0 Å². The SMILES string of the molecule is Cc1cc(F)c(O)cc1CCCN. The second-order valence-corrected chi connectivity index (χ2v) is 3.12. The van der Waals surface area contributed by atoms with Crippen molar-refractivity contribution >= 4 is 0 Å². The first-order chi connectivity index (χ1) is 6.15. The molecule has 2 nitrogen and oxygen atoms in total. The van der Waals surface area contributed by atoms with Crippen molar-refractivity contribution in [2.75, 3.05) is 6.54 Å². The topological polar surface area (TPSA) is 46.2 Å². The van der Waals surface area contributed by atoms with Crippen LogP contribution in [-0.2, 0) is 6.42 Å². The molecule has 1 aromatic rings. The van der Waals surface area contributed by atoms with E-state index in [-0.39, 0.29) is 5.75 Å². The van der Waals surface area contributed by atoms with Gasteiger partial charge in [-0.3, -0.25) is 0 Å². The first-order valence-electron chi connectivity index (χ1n) is 4.33. The fourth-order valence-electron chi connectivity index (χ4n) is 1.27. The van der Waals surface area contributed by atoms with Crippen molar-refractivity contribution in [2.24, 2.45) is 5.73 Å². The Balaban J connectivity index is 2.88. The van der Waals surface area contributed by atoms with E-state index in [1.165, 1.54) is 12.1 Å². The van der Waals surface area contributed by atoms with Gasteiger partial charge in [-0.2, -0.15) is 0 Å². The van der Waals surface area contributed by atoms with Crippen LogP contribution >= 0.6 is 0 Å². The van der Waals surface area contributed by atoms with Crippen LogP contribution in [0.15, 0.2) is 12.1 Å². The van der Waals surface area contributed by atoms with Crippen LogP contribution in [0.25, 0.3) is 0 Å². The molecule has 0 aliphatic rings. The lowest BCUT2D eigenvalue weighted by atomic mass is 10.0. The van der Waals surface area contributed by atoms with Crippen LogP contribution in [0.2, 0.25) is 0 Å². The molecule has 0 saturated heterocycles. The molecule has 0 amide bonds. The molecule has 0 spiro atoms. The standard InChI is InChI=1S/C10H14FNO/c1-7-5-9(11)10(13)6-8(7)3-2-4-12/h5-6,13H,2-4,12H2,1H3. The Kier molecular flexibility index (Phi) is 3.25. The molecule has 0 aliphatic heterocycles. The Morgan fingerprint density at radius 3 is 2.77 bits per heavy atom. The largest absolute Gasteiger partial charge is 0.505 e. The maximum Gasteiger partial charge on any atom is 0.165 e. The third-order valence-corrected chi connectivity index (χ3v) is 2.06. The number of rotatable bonds is 3. The summed E-state index contributed by atoms with van der Waals surface area (Å²) in [5.74, 6) is -0.841. The van der Waals surface area contributed by atoms with Gasteiger partial charge in [0.05, 0.1) is 0 Å². The number of nitrogens with two attached hydrogens (primary N) is 1. The van der Waals surface area contributed by atoms with E-state index in [4.69, 9.17) is 10.8 Å². The second kappa shape index (κ2) is 4.23. The average Bonchev–Trinajstić information content (AvgIpc) is 2.09. The summed E-state index contributed by atoms with van der Waals surface area (Å²) in [7, 11) is 0. The number of aromatic hydroxyl groups is 1. The Morgan fingerprint density at radius 1 is 1.46 bits per heavy atom. The summed E-state index contributed by atoms with van der Waals surface area (Å²) in [5.41, 5.74) is 7.18. The summed E-state index contributed by atoms with van der Waals surface area (Å²) in [5, 5.41) is 9.12. The zero-order chi connectivity index (χ0) is 9.84. The van der Waals surface area contributed by atoms with E-state index in [0.29, 0.717) is 6.54 Å². The van der Waals surface area contributed by atoms with Crippen molar-refractivity contribution in [1.29, 1.82) is 0 Å². The van der Waals surface area contributed by atoms with Crippen LogP contribution in [0.5, 0.6) is 5.75 Å². The normalized spacial score (nSPS) is 10.4. The molecule has 1 aromatic carbocycles. The molecular formula is C10H14FNO. The van der Waals surface area contributed by atoms with Crippen molar-refractivity contribution in [3.8, 4) is 5.75 Å². The van der Waals surface area contributed by atoms with E-state index >= 15 is 0 Å². The van der Waals surface area contributed by atoms with Crippen molar-refractivity contribution in [2.45, 2.75) is 19.8 Å². The van der Waals surface area contributed by atoms with Gasteiger partial charge in [0.2, 0.25) is 0 Å². The maximum atomic E-state index is 12.8. The predicted molar refractivity (Wildman–Crippen MR) is 50.2 cm³/mol. The predicted octanol–water partition coefficient (Wildman–Crippen LogP) is 1.73. The van der Waals surface area contributed by atoms with Gasteiger partial charge in [-0.15, -0.1) is 0 Å². The fourth-order valence-corrected chi connectivity index (χ4v) is 1.27. The molecule has 0 atom stereocenters. The van der Waals surface area contributed by atoms with Crippen LogP contribution in [0.1, 0.15) is 17.5 Å². The molecule has 3 N–H and O–H groups in total. The van der Waals surface area contributed by atoms with Crippen molar-refractivity contribution in [3.05, 3.63) is 29.1 Å². The van der Waals surface area contributed by atoms with Gasteiger partial charge < -0.3 is 10.8 Å². The highest BCUT2D eigenvalue weighted by Gasteiger charge is 2.05. The van der Waals surface area contributed by atoms with E-state index in [0.717, 1.165) is 24.0 Å². The Labute approximate surface area is 77.2 Å². The first-order valence-corrected chi connectivity index (χ1v) is 4.33. The van der Waals surface area contributed by atoms with E-state index in [2.05, 4.69) is 0 Å². The maximum absolute atomic E-state index is 12.8. The second-order valence-electron chi connectivity index (χ2n) is 3.12. The van der Waals surface area contributed by atoms with Crippen molar-refractivity contribution in [1.82, 2.24) is 0 Å². The highest BCUT2D eigenvalue weighted by molar-refractivity contribution is 5.35. The lowest BCUT2D eigenvalue weighted by Crippen LogP contribution is -2.01. The lowest BCUT2D eigenvalue weighted by molar-refractivity contribution is 0.431. The summed E-state index contributed by atoms with van der Waals surface area (Å²) in [4.78, 5) is 0. The summed E-state index contributed by atoms with van der Waals surface area (Å²) in [6, 6.07) is 2.82. The molecule has 72 valence electrons. The summed E-state index contributed by atoms with van der Waals surface area (Å²) < 4.78 is 12.8. The van der Waals surface area contributed by atoms with Crippen LogP contribution in [0.3, 0.4) is 0 Å². The molecule has 0 aliphatic carbocycles. The van der Waals surface area contributed by atoms with Gasteiger partial charge in [-0.25, -0.2) is 4.39 Å². The number of benzene rings is 1. The van der Waals surface area contributed by atoms with E-state index in [1.807, 2.05) is 6.92 Å². The van der Waals surface area contributed by atoms with Crippen LogP contribution in [0, 0.1) is 12.7 Å². The Hall–Kier alpha value is -1.09. The molecule has 0 radical (unpaired) electrons. The molecule has 0 saturated carbocycles. The lowest BCUT2D eigenvalue weighted by Gasteiger charge is -2.06. The molecule has 0 unspecified atom stereocenters. The van der Waals surface area contributed by atoms with Gasteiger partial charge in [-0.05, 0) is 49.6 Å². The van der Waals surface area contributed by atoms with E-state index in [9.17, 15) is 4.39 Å². The molecular weight excluding hydrogens is 169 g/mol. The van der Waals surface area contributed by atoms with Crippen LogP contribution in [0.4, 0.5) is 4.39 Å². The zero-order valence-corrected chi connectivity index (χ0v) is 7.68. The van der Waals surface area contributed by atoms with Gasteiger partial charge in [-0.1, -0.05) is 0 Å². The number of hydrogen-bond donors (Lipinski definition) is 2. The van der Waals surface area contributed by atoms with Crippen LogP contribution in [-0.4, -0.2) is 11.7 Å². The molecule has 0 bridgehead atoms. The number of phenols is 1. The van der Waals surface area contributed by atoms with Crippen molar-refractivity contribution in [3.63, 3.8) is 0 Å². The third kappa shape index (κ3) is 2.42. The summed E-state index contributed by atoms with van der Waals surface area (Å²) in [6.45, 7) is 2.44. The highest BCUT2D eigenvalue weighted by atomic mass is 19.1. The summed E-state index contributed by atoms with van der Waals surface area (Å²) in [6.07, 6.45) is 1.64. The zero-order valence-electron chi connectivity index (χ0n) is 7.68. The molecule has 1 rings (SSSR count). The number of aryl methyl sites for hydroxylation is 2. The first kappa shape index (κ1) is 9.99. The molecule has 0 heterocycles. The monoisotopic (exact) mass is 183 g/mol. The van der Waals surface area contributed by atoms with Crippen molar-refractivity contribution < 1.29 is 9.50 Å². The number of halogens is 1. The number of phenolic OH excluding ortho intramolecular Hbond substituents is 1. The minimum atomic E-state index is -0.561. The van der Waals surface area contributed by atoms with Gasteiger partial charge in [0.15, 0.2) is 11.6 Å². The molecule has 0 aromatic heterocycles. The average molecular weight is 183 g/mol. The minimum Gasteiger partial charge on any atom is -0.505 e. The molecule has 3 heteroatoms. The molecule has 13 heavy (non-hydrogen) atoms. The quantitative estimate of drug-likeness (QED) is 0.749. The van der Waals surface area contributed by atoms with Gasteiger partial charge in [0.1, 0.15) is 0 Å². The smallest absolute Gasteiger partial charge is 0.165 e. The Morgan fingerprint density at radius 2 is 2.15 bits per heavy atom. The van der Waals surface area contributed by atoms with Crippen LogP contribution < -0.4 is 5.73 Å². The van der Waals surface area contributed by atoms with Gasteiger partial charge in [0.25, 0.3) is 0 Å². The highest BCUT2D eigenvalue weighted by Crippen LogP contribution is 2.21. The molecule has 0 fully saturated rings. The van der Waals surface area contributed by atoms with Gasteiger partial charge >= 0.3 is 0 Å². The van der Waals surface area contributed by atoms with E-state index < -0.39 is 5.82 Å². The third-order valence-electron chi connectivity index (χ3n) is 2.06.